The molecule has 0 fully saturated rings. The van der Waals surface area contributed by atoms with E-state index in [0.717, 1.165) is 0 Å². The minimum Gasteiger partial charge on any atom is -0.366 e. The summed E-state index contributed by atoms with van der Waals surface area (Å²) in [6.07, 6.45) is 0. The van der Waals surface area contributed by atoms with E-state index in [2.05, 4.69) is 5.32 Å². The third kappa shape index (κ3) is 3.25. The Morgan fingerprint density at radius 3 is 2.27 bits per heavy atom. The molecule has 1 aromatic rings. The van der Waals surface area contributed by atoms with Crippen molar-refractivity contribution in [3.05, 3.63) is 29.8 Å². The Morgan fingerprint density at radius 1 is 1.33 bits per heavy atom. The summed E-state index contributed by atoms with van der Waals surface area (Å²) in [7, 11) is 0. The Kier molecular flexibility index (Phi) is 3.68. The minimum atomic E-state index is -0.596. The molecular weight excluding hydrogens is 216 g/mol. The number of hydrogen-bond donors (Lipinski definition) is 2. The van der Waals surface area contributed by atoms with Crippen molar-refractivity contribution in [3.8, 4) is 0 Å². The van der Waals surface area contributed by atoms with E-state index in [-0.39, 0.29) is 5.91 Å². The van der Waals surface area contributed by atoms with Crippen LogP contribution in [0.4, 0.5) is 5.69 Å². The lowest BCUT2D eigenvalue weighted by molar-refractivity contribution is -0.115. The van der Waals surface area contributed by atoms with Crippen LogP contribution in [0.3, 0.4) is 0 Å². The standard InChI is InChI=1S/C10H11ClN2O2/c1-6(11)10(15)13-8-4-2-7(3-5-8)9(12)14/h2-6H,1H3,(H2,12,14)(H,13,15). The van der Waals surface area contributed by atoms with Gasteiger partial charge in [-0.05, 0) is 31.2 Å². The van der Waals surface area contributed by atoms with Crippen molar-refractivity contribution in [1.82, 2.24) is 0 Å². The van der Waals surface area contributed by atoms with Gasteiger partial charge >= 0.3 is 0 Å². The van der Waals surface area contributed by atoms with Gasteiger partial charge in [-0.25, -0.2) is 0 Å². The second kappa shape index (κ2) is 4.79. The number of carbonyl (C=O) groups is 2. The van der Waals surface area contributed by atoms with Crippen molar-refractivity contribution in [2.24, 2.45) is 5.73 Å². The number of nitrogens with one attached hydrogen (secondary N) is 1. The third-order valence-corrected chi connectivity index (χ3v) is 2.00. The zero-order valence-electron chi connectivity index (χ0n) is 8.16. The van der Waals surface area contributed by atoms with E-state index < -0.39 is 11.3 Å². The molecule has 3 N–H and O–H groups in total. The van der Waals surface area contributed by atoms with Gasteiger partial charge in [-0.2, -0.15) is 0 Å². The van der Waals surface area contributed by atoms with Crippen molar-refractivity contribution in [2.45, 2.75) is 12.3 Å². The first-order chi connectivity index (χ1) is 7.00. The molecule has 0 saturated carbocycles. The Bertz CT molecular complexity index is 374. The number of rotatable bonds is 3. The Labute approximate surface area is 92.4 Å². The summed E-state index contributed by atoms with van der Waals surface area (Å²) >= 11 is 5.57. The lowest BCUT2D eigenvalue weighted by Crippen LogP contribution is -2.20. The number of carbonyl (C=O) groups excluding carboxylic acids is 2. The number of alkyl halides is 1. The van der Waals surface area contributed by atoms with Crippen LogP contribution < -0.4 is 11.1 Å². The maximum atomic E-state index is 11.2. The summed E-state index contributed by atoms with van der Waals surface area (Å²) in [6, 6.07) is 6.27. The largest absolute Gasteiger partial charge is 0.366 e. The van der Waals surface area contributed by atoms with E-state index in [1.807, 2.05) is 0 Å². The molecule has 0 bridgehead atoms. The molecule has 1 aromatic carbocycles. The maximum absolute atomic E-state index is 11.2. The summed E-state index contributed by atoms with van der Waals surface area (Å²) in [5, 5.41) is 1.99. The highest BCUT2D eigenvalue weighted by Crippen LogP contribution is 2.10. The predicted octanol–water partition coefficient (Wildman–Crippen LogP) is 1.35. The number of amides is 2. The van der Waals surface area contributed by atoms with Crippen molar-refractivity contribution >= 4 is 29.1 Å². The smallest absolute Gasteiger partial charge is 0.248 e. The van der Waals surface area contributed by atoms with Crippen LogP contribution in [0.5, 0.6) is 0 Å². The molecule has 2 amide bonds. The normalized spacial score (nSPS) is 11.9. The van der Waals surface area contributed by atoms with E-state index in [9.17, 15) is 9.59 Å². The molecule has 1 unspecified atom stereocenters. The molecule has 0 aliphatic heterocycles. The van der Waals surface area contributed by atoms with Crippen LogP contribution in [0.15, 0.2) is 24.3 Å². The number of anilines is 1. The quantitative estimate of drug-likeness (QED) is 0.764. The van der Waals surface area contributed by atoms with Crippen LogP contribution >= 0.6 is 11.6 Å². The van der Waals surface area contributed by atoms with Crippen LogP contribution in [0.25, 0.3) is 0 Å². The second-order valence-corrected chi connectivity index (χ2v) is 3.70. The molecule has 0 heterocycles. The number of primary amides is 1. The van der Waals surface area contributed by atoms with Gasteiger partial charge in [-0.1, -0.05) is 0 Å². The van der Waals surface area contributed by atoms with E-state index in [1.165, 1.54) is 12.1 Å². The molecule has 0 aliphatic rings. The third-order valence-electron chi connectivity index (χ3n) is 1.80. The van der Waals surface area contributed by atoms with Gasteiger partial charge in [0.15, 0.2) is 0 Å². The summed E-state index contributed by atoms with van der Waals surface area (Å²) < 4.78 is 0. The van der Waals surface area contributed by atoms with Gasteiger partial charge in [0.2, 0.25) is 11.8 Å². The Morgan fingerprint density at radius 2 is 1.87 bits per heavy atom. The van der Waals surface area contributed by atoms with Crippen LogP contribution in [0, 0.1) is 0 Å². The molecule has 0 aliphatic carbocycles. The summed E-state index contributed by atoms with van der Waals surface area (Å²) in [5.74, 6) is -0.790. The Balaban J connectivity index is 2.73. The van der Waals surface area contributed by atoms with Crippen LogP contribution in [0.1, 0.15) is 17.3 Å². The van der Waals surface area contributed by atoms with Gasteiger partial charge in [0, 0.05) is 11.3 Å². The summed E-state index contributed by atoms with van der Waals surface area (Å²) in [5.41, 5.74) is 6.04. The molecule has 0 aromatic heterocycles. The molecule has 1 rings (SSSR count). The van der Waals surface area contributed by atoms with Crippen molar-refractivity contribution in [2.75, 3.05) is 5.32 Å². The topological polar surface area (TPSA) is 72.2 Å². The second-order valence-electron chi connectivity index (χ2n) is 3.05. The highest BCUT2D eigenvalue weighted by Gasteiger charge is 2.09. The number of nitrogens with two attached hydrogens (primary N) is 1. The van der Waals surface area contributed by atoms with Gasteiger partial charge < -0.3 is 11.1 Å². The van der Waals surface area contributed by atoms with Gasteiger partial charge in [0.05, 0.1) is 0 Å². The monoisotopic (exact) mass is 226 g/mol. The van der Waals surface area contributed by atoms with Crippen LogP contribution in [-0.4, -0.2) is 17.2 Å². The van der Waals surface area contributed by atoms with Gasteiger partial charge in [-0.15, -0.1) is 11.6 Å². The summed E-state index contributed by atoms with van der Waals surface area (Å²) in [4.78, 5) is 22.0. The van der Waals surface area contributed by atoms with Crippen molar-refractivity contribution in [1.29, 1.82) is 0 Å². The average molecular weight is 227 g/mol. The fourth-order valence-electron chi connectivity index (χ4n) is 0.960. The zero-order valence-corrected chi connectivity index (χ0v) is 8.91. The molecule has 0 saturated heterocycles. The SMILES string of the molecule is CC(Cl)C(=O)Nc1ccc(C(N)=O)cc1. The molecule has 4 nitrogen and oxygen atoms in total. The molecule has 0 spiro atoms. The first-order valence-electron chi connectivity index (χ1n) is 4.35. The molecule has 15 heavy (non-hydrogen) atoms. The first-order valence-corrected chi connectivity index (χ1v) is 4.79. The first kappa shape index (κ1) is 11.5. The van der Waals surface area contributed by atoms with Gasteiger partial charge in [0.1, 0.15) is 5.38 Å². The highest BCUT2D eigenvalue weighted by molar-refractivity contribution is 6.32. The van der Waals surface area contributed by atoms with E-state index in [0.29, 0.717) is 11.3 Å². The molecule has 1 atom stereocenters. The number of hydrogen-bond acceptors (Lipinski definition) is 2. The lowest BCUT2D eigenvalue weighted by Gasteiger charge is -2.06. The van der Waals surface area contributed by atoms with Crippen LogP contribution in [0.2, 0.25) is 0 Å². The molecule has 0 radical (unpaired) electrons. The maximum Gasteiger partial charge on any atom is 0.248 e. The molecule has 5 heteroatoms. The van der Waals surface area contributed by atoms with Crippen molar-refractivity contribution < 1.29 is 9.59 Å². The number of benzene rings is 1. The Hall–Kier alpha value is -1.55. The molecule has 80 valence electrons. The van der Waals surface area contributed by atoms with Gasteiger partial charge in [-0.3, -0.25) is 9.59 Å². The molecular formula is C10H11ClN2O2. The summed E-state index contributed by atoms with van der Waals surface area (Å²) in [6.45, 7) is 1.58. The lowest BCUT2D eigenvalue weighted by atomic mass is 10.2. The zero-order chi connectivity index (χ0) is 11.4. The predicted molar refractivity (Wildman–Crippen MR) is 58.9 cm³/mol. The van der Waals surface area contributed by atoms with E-state index in [1.54, 1.807) is 19.1 Å². The fraction of sp³-hybridized carbons (Fsp3) is 0.200. The fourth-order valence-corrected chi connectivity index (χ4v) is 1.01. The van der Waals surface area contributed by atoms with E-state index in [4.69, 9.17) is 17.3 Å². The highest BCUT2D eigenvalue weighted by atomic mass is 35.5. The van der Waals surface area contributed by atoms with Crippen molar-refractivity contribution in [3.63, 3.8) is 0 Å². The number of halogens is 1. The minimum absolute atomic E-state index is 0.288. The average Bonchev–Trinajstić information content (AvgIpc) is 2.18. The van der Waals surface area contributed by atoms with E-state index >= 15 is 0 Å². The van der Waals surface area contributed by atoms with Crippen LogP contribution in [-0.2, 0) is 4.79 Å². The van der Waals surface area contributed by atoms with Gasteiger partial charge in [0.25, 0.3) is 0 Å².